The second kappa shape index (κ2) is 5.90. The van der Waals surface area contributed by atoms with E-state index < -0.39 is 10.0 Å². The lowest BCUT2D eigenvalue weighted by atomic mass is 9.97. The Morgan fingerprint density at radius 1 is 1.24 bits per heavy atom. The highest BCUT2D eigenvalue weighted by molar-refractivity contribution is 7.89. The summed E-state index contributed by atoms with van der Waals surface area (Å²) in [5.74, 6) is 5.95. The second-order valence-electron chi connectivity index (χ2n) is 5.89. The Balaban J connectivity index is 1.93. The number of rotatable bonds is 4. The third-order valence-electron chi connectivity index (χ3n) is 4.72. The fourth-order valence-electron chi connectivity index (χ4n) is 3.71. The lowest BCUT2D eigenvalue weighted by Gasteiger charge is -2.29. The average Bonchev–Trinajstić information content (AvgIpc) is 3.17. The molecule has 1 saturated carbocycles. The molecule has 2 heterocycles. The normalized spacial score (nSPS) is 24.5. The lowest BCUT2D eigenvalue weighted by molar-refractivity contribution is 0.288. The summed E-state index contributed by atoms with van der Waals surface area (Å²) in [5.41, 5.74) is 2.87. The number of nitrogens with two attached hydrogens (primary N) is 1. The Hall–Kier alpha value is -1.18. The van der Waals surface area contributed by atoms with Gasteiger partial charge in [0, 0.05) is 25.0 Å². The topological polar surface area (TPSA) is 88.3 Å². The molecule has 1 unspecified atom stereocenters. The highest BCUT2D eigenvalue weighted by Crippen LogP contribution is 2.38. The number of nitrogens with zero attached hydrogens (tertiary/aromatic N) is 2. The Bertz CT molecular complexity index is 599. The zero-order valence-electron chi connectivity index (χ0n) is 12.0. The quantitative estimate of drug-likeness (QED) is 0.653. The SMILES string of the molecule is NNc1ccncc1S(=O)(=O)N1CCCC1C1CCCC1. The fraction of sp³-hybridized carbons (Fsp3) is 0.643. The first kappa shape index (κ1) is 14.7. The third kappa shape index (κ3) is 2.65. The van der Waals surface area contributed by atoms with Crippen LogP contribution in [0.25, 0.3) is 0 Å². The number of hydrogen-bond acceptors (Lipinski definition) is 5. The van der Waals surface area contributed by atoms with E-state index in [1.807, 2.05) is 0 Å². The van der Waals surface area contributed by atoms with Crippen molar-refractivity contribution in [2.75, 3.05) is 12.0 Å². The van der Waals surface area contributed by atoms with Crippen molar-refractivity contribution in [1.29, 1.82) is 0 Å². The number of sulfonamides is 1. The highest BCUT2D eigenvalue weighted by Gasteiger charge is 2.41. The Labute approximate surface area is 125 Å². The molecule has 3 N–H and O–H groups in total. The zero-order valence-corrected chi connectivity index (χ0v) is 12.8. The minimum absolute atomic E-state index is 0.142. The van der Waals surface area contributed by atoms with Crippen LogP contribution in [0.5, 0.6) is 0 Å². The number of nitrogen functional groups attached to an aromatic ring is 1. The molecule has 1 aromatic rings. The van der Waals surface area contributed by atoms with E-state index in [4.69, 9.17) is 5.84 Å². The van der Waals surface area contributed by atoms with Gasteiger partial charge in [-0.15, -0.1) is 0 Å². The number of nitrogens with one attached hydrogen (secondary N) is 1. The maximum absolute atomic E-state index is 13.0. The van der Waals surface area contributed by atoms with Crippen LogP contribution in [0.15, 0.2) is 23.4 Å². The van der Waals surface area contributed by atoms with E-state index in [0.29, 0.717) is 18.2 Å². The van der Waals surface area contributed by atoms with Gasteiger partial charge in [0.2, 0.25) is 10.0 Å². The summed E-state index contributed by atoms with van der Waals surface area (Å²) >= 11 is 0. The largest absolute Gasteiger partial charge is 0.323 e. The molecule has 0 bridgehead atoms. The number of hydrazine groups is 1. The predicted molar refractivity (Wildman–Crippen MR) is 80.9 cm³/mol. The summed E-state index contributed by atoms with van der Waals surface area (Å²) < 4.78 is 27.6. The van der Waals surface area contributed by atoms with Gasteiger partial charge in [-0.2, -0.15) is 4.31 Å². The van der Waals surface area contributed by atoms with Gasteiger partial charge in [0.1, 0.15) is 4.90 Å². The van der Waals surface area contributed by atoms with E-state index in [9.17, 15) is 8.42 Å². The molecule has 0 radical (unpaired) electrons. The van der Waals surface area contributed by atoms with Crippen molar-refractivity contribution in [3.63, 3.8) is 0 Å². The molecule has 1 aromatic heterocycles. The molecule has 1 aliphatic carbocycles. The van der Waals surface area contributed by atoms with Gasteiger partial charge in [-0.05, 0) is 37.7 Å². The minimum Gasteiger partial charge on any atom is -0.323 e. The van der Waals surface area contributed by atoms with Crippen molar-refractivity contribution in [1.82, 2.24) is 9.29 Å². The van der Waals surface area contributed by atoms with Gasteiger partial charge < -0.3 is 5.43 Å². The van der Waals surface area contributed by atoms with Crippen LogP contribution in [0.4, 0.5) is 5.69 Å². The summed E-state index contributed by atoms with van der Waals surface area (Å²) in [6, 6.07) is 1.73. The van der Waals surface area contributed by atoms with Crippen LogP contribution in [-0.4, -0.2) is 30.3 Å². The van der Waals surface area contributed by atoms with Crippen molar-refractivity contribution in [3.05, 3.63) is 18.5 Å². The van der Waals surface area contributed by atoms with Crippen LogP contribution >= 0.6 is 0 Å². The minimum atomic E-state index is -3.54. The van der Waals surface area contributed by atoms with Gasteiger partial charge in [-0.25, -0.2) is 8.42 Å². The van der Waals surface area contributed by atoms with Gasteiger partial charge in [-0.3, -0.25) is 10.8 Å². The molecule has 1 aliphatic heterocycles. The fourth-order valence-corrected chi connectivity index (χ4v) is 5.56. The van der Waals surface area contributed by atoms with Crippen LogP contribution in [0.1, 0.15) is 38.5 Å². The van der Waals surface area contributed by atoms with Gasteiger partial charge >= 0.3 is 0 Å². The molecular weight excluding hydrogens is 288 g/mol. The molecule has 0 aromatic carbocycles. The summed E-state index contributed by atoms with van der Waals surface area (Å²) in [6.45, 7) is 0.600. The number of pyridine rings is 1. The molecule has 21 heavy (non-hydrogen) atoms. The molecule has 2 aliphatic rings. The van der Waals surface area contributed by atoms with Crippen molar-refractivity contribution in [2.45, 2.75) is 49.5 Å². The maximum Gasteiger partial charge on any atom is 0.246 e. The predicted octanol–water partition coefficient (Wildman–Crippen LogP) is 1.71. The van der Waals surface area contributed by atoms with Crippen LogP contribution in [0, 0.1) is 5.92 Å². The van der Waals surface area contributed by atoms with E-state index in [-0.39, 0.29) is 10.9 Å². The smallest absolute Gasteiger partial charge is 0.246 e. The number of hydrogen-bond donors (Lipinski definition) is 2. The molecule has 7 heteroatoms. The van der Waals surface area contributed by atoms with Crippen LogP contribution in [0.2, 0.25) is 0 Å². The van der Waals surface area contributed by atoms with E-state index in [0.717, 1.165) is 25.7 Å². The van der Waals surface area contributed by atoms with Crippen molar-refractivity contribution in [2.24, 2.45) is 11.8 Å². The maximum atomic E-state index is 13.0. The first-order valence-corrected chi connectivity index (χ1v) is 9.01. The van der Waals surface area contributed by atoms with Gasteiger partial charge in [0.25, 0.3) is 0 Å². The van der Waals surface area contributed by atoms with Crippen molar-refractivity contribution >= 4 is 15.7 Å². The van der Waals surface area contributed by atoms with Gasteiger partial charge in [0.05, 0.1) is 5.69 Å². The first-order valence-electron chi connectivity index (χ1n) is 7.57. The molecule has 1 saturated heterocycles. The average molecular weight is 310 g/mol. The number of anilines is 1. The second-order valence-corrected chi connectivity index (χ2v) is 7.75. The van der Waals surface area contributed by atoms with Crippen LogP contribution in [-0.2, 0) is 10.0 Å². The standard InChI is InChI=1S/C14H22N4O2S/c15-17-12-7-8-16-10-14(12)21(19,20)18-9-3-6-13(18)11-4-1-2-5-11/h7-8,10-11,13H,1-6,9,15H2,(H,16,17). The van der Waals surface area contributed by atoms with E-state index >= 15 is 0 Å². The molecule has 116 valence electrons. The van der Waals surface area contributed by atoms with E-state index in [2.05, 4.69) is 10.4 Å². The summed E-state index contributed by atoms with van der Waals surface area (Å²) in [6.07, 6.45) is 9.55. The molecule has 1 atom stereocenters. The molecular formula is C14H22N4O2S. The van der Waals surface area contributed by atoms with Gasteiger partial charge in [-0.1, -0.05) is 12.8 Å². The zero-order chi connectivity index (χ0) is 14.9. The van der Waals surface area contributed by atoms with Gasteiger partial charge in [0.15, 0.2) is 0 Å². The molecule has 0 spiro atoms. The molecule has 6 nitrogen and oxygen atoms in total. The Morgan fingerprint density at radius 3 is 2.71 bits per heavy atom. The summed E-state index contributed by atoms with van der Waals surface area (Å²) in [4.78, 5) is 4.13. The monoisotopic (exact) mass is 310 g/mol. The van der Waals surface area contributed by atoms with Crippen molar-refractivity contribution in [3.8, 4) is 0 Å². The van der Waals surface area contributed by atoms with E-state index in [1.54, 1.807) is 10.4 Å². The Kier molecular flexibility index (Phi) is 4.14. The third-order valence-corrected chi connectivity index (χ3v) is 6.67. The number of aromatic nitrogens is 1. The summed E-state index contributed by atoms with van der Waals surface area (Å²) in [5, 5.41) is 0. The van der Waals surface area contributed by atoms with Crippen LogP contribution in [0.3, 0.4) is 0 Å². The van der Waals surface area contributed by atoms with Crippen LogP contribution < -0.4 is 11.3 Å². The molecule has 2 fully saturated rings. The first-order chi connectivity index (χ1) is 10.1. The lowest BCUT2D eigenvalue weighted by Crippen LogP contribution is -2.39. The van der Waals surface area contributed by atoms with E-state index in [1.165, 1.54) is 25.2 Å². The molecule has 0 amide bonds. The highest BCUT2D eigenvalue weighted by atomic mass is 32.2. The van der Waals surface area contributed by atoms with Crippen molar-refractivity contribution < 1.29 is 8.42 Å². The molecule has 3 rings (SSSR count). The Morgan fingerprint density at radius 2 is 2.00 bits per heavy atom. The summed E-state index contributed by atoms with van der Waals surface area (Å²) in [7, 11) is -3.54.